The molecule has 0 spiro atoms. The number of carbonyl (C=O) groups excluding carboxylic acids is 2. The summed E-state index contributed by atoms with van der Waals surface area (Å²) >= 11 is 0. The van der Waals surface area contributed by atoms with E-state index in [1.807, 2.05) is 0 Å². The Kier molecular flexibility index (Phi) is 5.38. The summed E-state index contributed by atoms with van der Waals surface area (Å²) in [5.41, 5.74) is -2.15. The van der Waals surface area contributed by atoms with Crippen LogP contribution in [0, 0.1) is 17.5 Å². The van der Waals surface area contributed by atoms with Gasteiger partial charge in [0.2, 0.25) is 5.43 Å². The first kappa shape index (κ1) is 22.5. The second kappa shape index (κ2) is 8.15. The van der Waals surface area contributed by atoms with Crippen molar-refractivity contribution in [2.75, 3.05) is 18.1 Å². The number of amides is 1. The topological polar surface area (TPSA) is 92.1 Å². The van der Waals surface area contributed by atoms with E-state index in [2.05, 4.69) is 0 Å². The highest BCUT2D eigenvalue weighted by Crippen LogP contribution is 2.36. The lowest BCUT2D eigenvalue weighted by Gasteiger charge is -2.51. The number of carbonyl (C=O) groups is 2. The van der Waals surface area contributed by atoms with Crippen molar-refractivity contribution in [2.45, 2.75) is 51.0 Å². The van der Waals surface area contributed by atoms with Gasteiger partial charge < -0.3 is 14.7 Å². The number of pyridine rings is 1. The minimum Gasteiger partial charge on any atom is -0.502 e. The number of likely N-dealkylation sites (N-methyl/N-ethyl adjacent to an activating group) is 1. The molecule has 1 amide bonds. The molecule has 0 unspecified atom stereocenters. The lowest BCUT2D eigenvalue weighted by molar-refractivity contribution is -0.0524. The number of hydrogen-bond donors (Lipinski definition) is 1. The molecule has 1 N–H and O–H groups in total. The van der Waals surface area contributed by atoms with E-state index in [0.29, 0.717) is 25.2 Å². The van der Waals surface area contributed by atoms with Gasteiger partial charge in [0.25, 0.3) is 5.91 Å². The van der Waals surface area contributed by atoms with Crippen molar-refractivity contribution >= 4 is 11.7 Å². The third kappa shape index (κ3) is 3.37. The fourth-order valence-corrected chi connectivity index (χ4v) is 5.13. The zero-order valence-electron chi connectivity index (χ0n) is 18.3. The summed E-state index contributed by atoms with van der Waals surface area (Å²) in [4.78, 5) is 40.4. The van der Waals surface area contributed by atoms with Gasteiger partial charge >= 0.3 is 0 Å². The average molecular weight is 477 g/mol. The largest absolute Gasteiger partial charge is 0.502 e. The van der Waals surface area contributed by atoms with Gasteiger partial charge in [0.15, 0.2) is 17.2 Å². The van der Waals surface area contributed by atoms with Crippen LogP contribution in [0.4, 0.5) is 13.2 Å². The van der Waals surface area contributed by atoms with Gasteiger partial charge in [0.05, 0.1) is 24.3 Å². The lowest BCUT2D eigenvalue weighted by atomic mass is 10.0. The van der Waals surface area contributed by atoms with Crippen molar-refractivity contribution in [1.82, 2.24) is 9.58 Å². The number of benzene rings is 1. The Balaban J connectivity index is 1.52. The predicted octanol–water partition coefficient (Wildman–Crippen LogP) is 2.09. The van der Waals surface area contributed by atoms with Crippen LogP contribution in [0.25, 0.3) is 0 Å². The predicted molar refractivity (Wildman–Crippen MR) is 113 cm³/mol. The van der Waals surface area contributed by atoms with Gasteiger partial charge in [-0.15, -0.1) is 0 Å². The van der Waals surface area contributed by atoms with E-state index in [0.717, 1.165) is 12.8 Å². The highest BCUT2D eigenvalue weighted by atomic mass is 19.1. The number of ketones is 1. The van der Waals surface area contributed by atoms with Crippen LogP contribution in [0.15, 0.2) is 23.1 Å². The highest BCUT2D eigenvalue weighted by molar-refractivity contribution is 6.00. The van der Waals surface area contributed by atoms with Gasteiger partial charge in [-0.3, -0.25) is 24.1 Å². The number of Topliss-reactive ketones (excluding diaryl/α,β-unsaturated/α-hetero) is 1. The van der Waals surface area contributed by atoms with Gasteiger partial charge in [-0.25, -0.2) is 13.2 Å². The van der Waals surface area contributed by atoms with Crippen molar-refractivity contribution in [1.29, 1.82) is 0 Å². The maximum Gasteiger partial charge on any atom is 0.278 e. The molecule has 3 atom stereocenters. The number of aromatic hydroxyl groups is 1. The first-order valence-electron chi connectivity index (χ1n) is 11.1. The summed E-state index contributed by atoms with van der Waals surface area (Å²) in [5, 5.41) is 12.5. The maximum absolute atomic E-state index is 14.0. The van der Waals surface area contributed by atoms with Crippen LogP contribution in [-0.2, 0) is 11.2 Å². The molecule has 1 aromatic carbocycles. The lowest BCUT2D eigenvalue weighted by Crippen LogP contribution is -2.68. The van der Waals surface area contributed by atoms with Crippen LogP contribution in [-0.4, -0.2) is 57.8 Å². The molecule has 3 aliphatic heterocycles. The Hall–Kier alpha value is -3.34. The van der Waals surface area contributed by atoms with Crippen LogP contribution in [0.2, 0.25) is 0 Å². The second-order valence-corrected chi connectivity index (χ2v) is 8.69. The number of rotatable bonds is 5. The third-order valence-electron chi connectivity index (χ3n) is 6.74. The molecule has 1 aromatic heterocycles. The Morgan fingerprint density at radius 1 is 1.18 bits per heavy atom. The molecule has 0 saturated carbocycles. The molecule has 0 aliphatic carbocycles. The molecular formula is C23H22F3N3O5. The van der Waals surface area contributed by atoms with Crippen LogP contribution in [0.3, 0.4) is 0 Å². The van der Waals surface area contributed by atoms with E-state index in [1.54, 1.807) is 11.9 Å². The van der Waals surface area contributed by atoms with E-state index in [1.165, 1.54) is 15.8 Å². The van der Waals surface area contributed by atoms with Crippen LogP contribution in [0.5, 0.6) is 5.75 Å². The molecule has 3 aliphatic rings. The average Bonchev–Trinajstić information content (AvgIpc) is 3.17. The third-order valence-corrected chi connectivity index (χ3v) is 6.74. The maximum atomic E-state index is 14.0. The number of hydrogen-bond acceptors (Lipinski definition) is 6. The molecule has 34 heavy (non-hydrogen) atoms. The molecule has 5 rings (SSSR count). The fraction of sp³-hybridized carbons (Fsp3) is 0.435. The summed E-state index contributed by atoms with van der Waals surface area (Å²) in [6, 6.07) is 1.03. The van der Waals surface area contributed by atoms with E-state index in [9.17, 15) is 32.7 Å². The Labute approximate surface area is 192 Å². The quantitative estimate of drug-likeness (QED) is 0.664. The number of halogens is 3. The van der Waals surface area contributed by atoms with Gasteiger partial charge in [-0.2, -0.15) is 0 Å². The summed E-state index contributed by atoms with van der Waals surface area (Å²) in [5.74, 6) is -5.52. The van der Waals surface area contributed by atoms with Gasteiger partial charge in [0, 0.05) is 36.9 Å². The monoisotopic (exact) mass is 477 g/mol. The van der Waals surface area contributed by atoms with Gasteiger partial charge in [0.1, 0.15) is 23.6 Å². The number of aromatic nitrogens is 1. The molecule has 2 fully saturated rings. The van der Waals surface area contributed by atoms with E-state index < -0.39 is 70.5 Å². The number of morpholine rings is 1. The second-order valence-electron chi connectivity index (χ2n) is 8.69. The first-order chi connectivity index (χ1) is 16.2. The van der Waals surface area contributed by atoms with Gasteiger partial charge in [-0.05, 0) is 26.2 Å². The Morgan fingerprint density at radius 3 is 2.56 bits per heavy atom. The highest BCUT2D eigenvalue weighted by Gasteiger charge is 2.50. The summed E-state index contributed by atoms with van der Waals surface area (Å²) in [7, 11) is 0. The number of ether oxygens (including phenoxy) is 1. The number of nitrogens with zero attached hydrogens (tertiary/aromatic N) is 3. The Morgan fingerprint density at radius 2 is 1.88 bits per heavy atom. The number of fused-ring (bicyclic) bond motifs is 6. The van der Waals surface area contributed by atoms with Crippen LogP contribution >= 0.6 is 0 Å². The van der Waals surface area contributed by atoms with Crippen molar-refractivity contribution in [3.63, 3.8) is 0 Å². The normalized spacial score (nSPS) is 23.2. The molecule has 4 heterocycles. The SMILES string of the molecule is CCN1C(=O)c2c(O)c(=O)c(C(=O)CCc3c(F)cc(F)cc3F)cn2N2C[C@@H]3CC[C@@H](O3)[C@@H]12. The minimum atomic E-state index is -1.13. The molecule has 180 valence electrons. The fourth-order valence-electron chi connectivity index (χ4n) is 5.13. The first-order valence-corrected chi connectivity index (χ1v) is 11.1. The molecule has 2 saturated heterocycles. The summed E-state index contributed by atoms with van der Waals surface area (Å²) in [6.07, 6.45) is 1.08. The molecule has 11 heteroatoms. The molecule has 2 bridgehead atoms. The van der Waals surface area contributed by atoms with E-state index >= 15 is 0 Å². The molecule has 8 nitrogen and oxygen atoms in total. The smallest absolute Gasteiger partial charge is 0.278 e. The van der Waals surface area contributed by atoms with Crippen molar-refractivity contribution in [3.8, 4) is 5.75 Å². The van der Waals surface area contributed by atoms with Crippen molar-refractivity contribution < 1.29 is 32.6 Å². The van der Waals surface area contributed by atoms with Crippen LogP contribution < -0.4 is 10.4 Å². The van der Waals surface area contributed by atoms with Crippen molar-refractivity contribution in [3.05, 3.63) is 62.8 Å². The van der Waals surface area contributed by atoms with Crippen LogP contribution in [0.1, 0.15) is 52.6 Å². The molecule has 0 radical (unpaired) electrons. The summed E-state index contributed by atoms with van der Waals surface area (Å²) < 4.78 is 48.4. The van der Waals surface area contributed by atoms with E-state index in [4.69, 9.17) is 4.74 Å². The molecule has 2 aromatic rings. The standard InChI is InChI=1S/C23H22F3N3O5/c1-2-27-22-18-6-3-12(34-18)9-29(22)28-10-14(20(31)21(32)19(28)23(27)33)17(30)5-4-13-15(25)7-11(24)8-16(13)26/h7-8,10,12,18,22,32H,2-6,9H2,1H3/t12-,18+,22-/m0/s1. The molecular weight excluding hydrogens is 455 g/mol. The zero-order valence-corrected chi connectivity index (χ0v) is 18.3. The van der Waals surface area contributed by atoms with Gasteiger partial charge in [-0.1, -0.05) is 0 Å². The summed E-state index contributed by atoms with van der Waals surface area (Å²) in [6.45, 7) is 2.50. The Bertz CT molecular complexity index is 1240. The van der Waals surface area contributed by atoms with Crippen molar-refractivity contribution in [2.24, 2.45) is 0 Å². The van der Waals surface area contributed by atoms with E-state index in [-0.39, 0.29) is 17.9 Å². The zero-order chi connectivity index (χ0) is 24.3. The minimum absolute atomic E-state index is 0.0915.